The fraction of sp³-hybridized carbons (Fsp3) is 0.538. The lowest BCUT2D eigenvalue weighted by atomic mass is 10.2. The second-order valence-corrected chi connectivity index (χ2v) is 4.71. The van der Waals surface area contributed by atoms with Gasteiger partial charge in [0.25, 0.3) is 11.6 Å². The summed E-state index contributed by atoms with van der Waals surface area (Å²) in [6.45, 7) is 5.29. The molecule has 0 bridgehead atoms. The molecule has 0 aliphatic carbocycles. The van der Waals surface area contributed by atoms with E-state index in [1.54, 1.807) is 13.8 Å². The lowest BCUT2D eigenvalue weighted by Gasteiger charge is -2.27. The molecule has 8 heteroatoms. The van der Waals surface area contributed by atoms with Crippen molar-refractivity contribution in [3.05, 3.63) is 28.1 Å². The van der Waals surface area contributed by atoms with Gasteiger partial charge in [-0.2, -0.15) is 0 Å². The summed E-state index contributed by atoms with van der Waals surface area (Å²) in [6.07, 6.45) is 1.87. The minimum atomic E-state index is -1.12. The number of nitrogens with zero attached hydrogens (tertiary/aromatic N) is 3. The Bertz CT molecular complexity index is 552. The molecular formula is C13H19N3O5. The maximum Gasteiger partial charge on any atom is 0.323 e. The van der Waals surface area contributed by atoms with Gasteiger partial charge in [0.05, 0.1) is 11.1 Å². The van der Waals surface area contributed by atoms with Crippen molar-refractivity contribution in [1.29, 1.82) is 0 Å². The van der Waals surface area contributed by atoms with Gasteiger partial charge in [0.2, 0.25) is 0 Å². The summed E-state index contributed by atoms with van der Waals surface area (Å²) in [5, 5.41) is 19.8. The molecule has 8 nitrogen and oxygen atoms in total. The van der Waals surface area contributed by atoms with Crippen molar-refractivity contribution in [3.8, 4) is 0 Å². The van der Waals surface area contributed by atoms with Gasteiger partial charge in [0, 0.05) is 18.7 Å². The second-order valence-electron chi connectivity index (χ2n) is 4.71. The van der Waals surface area contributed by atoms with Crippen molar-refractivity contribution in [2.24, 2.45) is 0 Å². The van der Waals surface area contributed by atoms with Crippen LogP contribution in [-0.2, 0) is 11.3 Å². The molecule has 1 aromatic rings. The summed E-state index contributed by atoms with van der Waals surface area (Å²) >= 11 is 0. The van der Waals surface area contributed by atoms with E-state index in [4.69, 9.17) is 5.11 Å². The lowest BCUT2D eigenvalue weighted by molar-refractivity contribution is -0.384. The fourth-order valence-electron chi connectivity index (χ4n) is 1.98. The monoisotopic (exact) mass is 297 g/mol. The highest BCUT2D eigenvalue weighted by Gasteiger charge is 2.27. The van der Waals surface area contributed by atoms with E-state index in [0.717, 1.165) is 0 Å². The largest absolute Gasteiger partial charge is 0.480 e. The van der Waals surface area contributed by atoms with E-state index in [0.29, 0.717) is 13.0 Å². The summed E-state index contributed by atoms with van der Waals surface area (Å²) in [7, 11) is 0. The number of carboxylic acid groups (broad SMARTS) is 1. The van der Waals surface area contributed by atoms with Gasteiger partial charge in [0.15, 0.2) is 0 Å². The number of nitro groups is 1. The first-order valence-corrected chi connectivity index (χ1v) is 6.69. The van der Waals surface area contributed by atoms with Crippen molar-refractivity contribution >= 4 is 17.6 Å². The minimum absolute atomic E-state index is 0.130. The number of aliphatic carboxylic acids is 1. The molecule has 0 fully saturated rings. The van der Waals surface area contributed by atoms with Gasteiger partial charge in [-0.1, -0.05) is 6.92 Å². The molecule has 116 valence electrons. The zero-order valence-electron chi connectivity index (χ0n) is 12.3. The molecule has 1 N–H and O–H groups in total. The van der Waals surface area contributed by atoms with Crippen LogP contribution in [0.1, 0.15) is 37.7 Å². The van der Waals surface area contributed by atoms with Crippen LogP contribution in [0.2, 0.25) is 0 Å². The van der Waals surface area contributed by atoms with Crippen LogP contribution in [0.15, 0.2) is 12.3 Å². The minimum Gasteiger partial charge on any atom is -0.480 e. The molecule has 0 spiro atoms. The molecule has 0 saturated carbocycles. The van der Waals surface area contributed by atoms with Crippen LogP contribution in [0.3, 0.4) is 0 Å². The maximum atomic E-state index is 12.5. The molecule has 0 aromatic carbocycles. The fourth-order valence-corrected chi connectivity index (χ4v) is 1.98. The molecule has 1 heterocycles. The summed E-state index contributed by atoms with van der Waals surface area (Å²) in [5.74, 6) is -1.63. The number of carboxylic acids is 1. The summed E-state index contributed by atoms with van der Waals surface area (Å²) in [4.78, 5) is 34.9. The first-order chi connectivity index (χ1) is 9.81. The zero-order valence-corrected chi connectivity index (χ0v) is 12.3. The van der Waals surface area contributed by atoms with E-state index in [2.05, 4.69) is 0 Å². The first kappa shape index (κ1) is 16.7. The molecule has 0 saturated heterocycles. The van der Waals surface area contributed by atoms with Crippen molar-refractivity contribution < 1.29 is 19.6 Å². The van der Waals surface area contributed by atoms with Crippen molar-refractivity contribution in [1.82, 2.24) is 9.47 Å². The normalized spacial score (nSPS) is 12.0. The summed E-state index contributed by atoms with van der Waals surface area (Å²) < 4.78 is 1.46. The molecule has 1 amide bonds. The van der Waals surface area contributed by atoms with Gasteiger partial charge >= 0.3 is 5.97 Å². The van der Waals surface area contributed by atoms with Gasteiger partial charge in [-0.15, -0.1) is 0 Å². The van der Waals surface area contributed by atoms with E-state index >= 15 is 0 Å². The van der Waals surface area contributed by atoms with Crippen molar-refractivity contribution in [3.63, 3.8) is 0 Å². The van der Waals surface area contributed by atoms with Crippen LogP contribution in [0, 0.1) is 10.1 Å². The number of carbonyl (C=O) groups excluding carboxylic acids is 1. The summed E-state index contributed by atoms with van der Waals surface area (Å²) in [6, 6.07) is 0.913. The third-order valence-electron chi connectivity index (χ3n) is 3.34. The molecule has 1 atom stereocenters. The number of hydrogen-bond acceptors (Lipinski definition) is 4. The average Bonchev–Trinajstić information content (AvgIpc) is 2.87. The Kier molecular flexibility index (Phi) is 5.45. The highest BCUT2D eigenvalue weighted by molar-refractivity contribution is 5.95. The van der Waals surface area contributed by atoms with E-state index in [1.165, 1.54) is 21.7 Å². The quantitative estimate of drug-likeness (QED) is 0.609. The van der Waals surface area contributed by atoms with Gasteiger partial charge in [-0.05, 0) is 20.3 Å². The Morgan fingerprint density at radius 3 is 2.52 bits per heavy atom. The molecular weight excluding hydrogens is 278 g/mol. The molecule has 1 aromatic heterocycles. The maximum absolute atomic E-state index is 12.5. The van der Waals surface area contributed by atoms with Crippen molar-refractivity contribution in [2.45, 2.75) is 39.8 Å². The number of amides is 1. The van der Waals surface area contributed by atoms with Crippen LogP contribution in [-0.4, -0.2) is 44.0 Å². The number of aryl methyl sites for hydroxylation is 1. The molecule has 21 heavy (non-hydrogen) atoms. The van der Waals surface area contributed by atoms with Crippen LogP contribution in [0.25, 0.3) is 0 Å². The number of aromatic nitrogens is 1. The highest BCUT2D eigenvalue weighted by atomic mass is 16.6. The molecule has 1 rings (SSSR count). The third kappa shape index (κ3) is 3.80. The Balaban J connectivity index is 3.19. The van der Waals surface area contributed by atoms with E-state index < -0.39 is 23.3 Å². The molecule has 0 aliphatic heterocycles. The van der Waals surface area contributed by atoms with Crippen LogP contribution < -0.4 is 0 Å². The number of rotatable bonds is 7. The number of hydrogen-bond donors (Lipinski definition) is 1. The Hall–Kier alpha value is -2.38. The predicted octanol–water partition coefficient (Wildman–Crippen LogP) is 1.74. The lowest BCUT2D eigenvalue weighted by Crippen LogP contribution is -2.42. The third-order valence-corrected chi connectivity index (χ3v) is 3.34. The molecule has 0 radical (unpaired) electrons. The Morgan fingerprint density at radius 1 is 1.48 bits per heavy atom. The SMILES string of the molecule is CCC(C)N(CC(=O)O)C(=O)c1cc([N+](=O)[O-])cn1CC. The van der Waals surface area contributed by atoms with Gasteiger partial charge in [0.1, 0.15) is 12.2 Å². The van der Waals surface area contributed by atoms with Gasteiger partial charge < -0.3 is 14.6 Å². The van der Waals surface area contributed by atoms with Crippen LogP contribution >= 0.6 is 0 Å². The van der Waals surface area contributed by atoms with E-state index in [1.807, 2.05) is 6.92 Å². The Morgan fingerprint density at radius 2 is 2.10 bits per heavy atom. The zero-order chi connectivity index (χ0) is 16.2. The predicted molar refractivity (Wildman–Crippen MR) is 75.2 cm³/mol. The molecule has 0 aliphatic rings. The Labute approximate surface area is 122 Å². The van der Waals surface area contributed by atoms with Gasteiger partial charge in [-0.3, -0.25) is 19.7 Å². The topological polar surface area (TPSA) is 106 Å². The standard InChI is InChI=1S/C13H19N3O5/c1-4-9(3)15(8-12(17)18)13(19)11-6-10(16(20)21)7-14(11)5-2/h6-7,9H,4-5,8H2,1-3H3,(H,17,18). The van der Waals surface area contributed by atoms with Crippen molar-refractivity contribution in [2.75, 3.05) is 6.54 Å². The summed E-state index contributed by atoms with van der Waals surface area (Å²) in [5.41, 5.74) is -0.0506. The highest BCUT2D eigenvalue weighted by Crippen LogP contribution is 2.19. The average molecular weight is 297 g/mol. The number of carbonyl (C=O) groups is 2. The van der Waals surface area contributed by atoms with Crippen LogP contribution in [0.5, 0.6) is 0 Å². The van der Waals surface area contributed by atoms with Gasteiger partial charge in [-0.25, -0.2) is 0 Å². The molecule has 1 unspecified atom stereocenters. The van der Waals surface area contributed by atoms with E-state index in [-0.39, 0.29) is 17.4 Å². The van der Waals surface area contributed by atoms with Crippen LogP contribution in [0.4, 0.5) is 5.69 Å². The smallest absolute Gasteiger partial charge is 0.323 e. The first-order valence-electron chi connectivity index (χ1n) is 6.69. The second kappa shape index (κ2) is 6.87. The van der Waals surface area contributed by atoms with E-state index in [9.17, 15) is 19.7 Å².